The first-order valence-corrected chi connectivity index (χ1v) is 49.1. The number of carboxylic acids is 3. The molecule has 4 aliphatic carbocycles. The summed E-state index contributed by atoms with van der Waals surface area (Å²) in [4.78, 5) is 111. The molecule has 2 saturated heterocycles. The largest absolute Gasteiger partial charge is 0.481 e. The summed E-state index contributed by atoms with van der Waals surface area (Å²) in [6.07, 6.45) is 8.59. The summed E-state index contributed by atoms with van der Waals surface area (Å²) < 4.78 is 213. The first-order valence-electron chi connectivity index (χ1n) is 43.9. The van der Waals surface area contributed by atoms with E-state index in [4.69, 9.17) is 48.0 Å². The number of carbonyl (C=O) groups excluding carboxylic acids is 6. The van der Waals surface area contributed by atoms with Crippen molar-refractivity contribution >= 4 is 164 Å². The van der Waals surface area contributed by atoms with E-state index in [1.165, 1.54) is 168 Å². The molecule has 746 valence electrons. The molecule has 10 aromatic carbocycles. The van der Waals surface area contributed by atoms with Gasteiger partial charge in [-0.2, -0.15) is 0 Å². The van der Waals surface area contributed by atoms with Crippen LogP contribution in [0.2, 0.25) is 10.0 Å². The SMILES string of the molecule is O=C(Nc1cc(F)c(F)c(F)c1)c1ccc(F)c(SC2CCC(C(=O)N3CCOCC3)CC2)c1.O=C(Nc1cc(F)c(F)c(F)c1)c1ccc(F)c(SC2CCC(C(=O)O)CC2)c1.O=C(Nc1ccc(F)c(Cl)c1)c1ccc(F)c(SC2CCC(C(=O)O)CC2)c1.O=C(Nc1ccc(F)c(Cl)c1)c1ccc(F)c(SCC2COC2)c1.O=C(Nc1ccc(F)c(F)c1)c1ccc(F)c(SC2CC(C(=O)O)C2)c1. The van der Waals surface area contributed by atoms with Crippen molar-refractivity contribution in [2.45, 2.75) is 135 Å². The molecule has 2 aliphatic heterocycles. The third-order valence-electron chi connectivity index (χ3n) is 23.2. The van der Waals surface area contributed by atoms with Crippen LogP contribution in [-0.4, -0.2) is 140 Å². The van der Waals surface area contributed by atoms with Crippen molar-refractivity contribution in [1.29, 1.82) is 0 Å². The highest BCUT2D eigenvalue weighted by Crippen LogP contribution is 2.45. The average Bonchev–Trinajstić information content (AvgIpc) is 0.816. The molecule has 2 heterocycles. The molecule has 141 heavy (non-hydrogen) atoms. The fourth-order valence-corrected chi connectivity index (χ4v) is 21.7. The number of anilines is 5. The van der Waals surface area contributed by atoms with Crippen LogP contribution in [0.5, 0.6) is 0 Å². The molecule has 0 aromatic heterocycles. The number of hydrogen-bond acceptors (Lipinski definition) is 16. The standard InChI is InChI=1S/C24H24F4N2O3S.C20H18ClF2NO3S.C20H17F4NO3S.C18H14F3NO3S.C17H14ClF2NO2S/c25-18-6-3-15(23(31)29-16-12-19(26)22(28)20(27)13-16)11-21(18)34-17-4-1-14(2-5-17)24(32)30-7-9-33-10-8-30;21-15-10-13(4-8-16(15)22)24-19(25)12-3-7-17(23)18(9-12)28-14-5-1-11(2-6-14)20(26)27;21-14-6-3-11(19(26)25-12-8-15(22)18(24)16(23)9-12)7-17(14)29-13-4-1-10(2-5-13)20(27)28;19-13-4-2-11(8-15(13)21)22-17(23)9-1-3-14(20)16(7-9)26-12-5-10(6-12)18(24)25;18-13-6-12(2-4-14(13)19)21-17(22)11-1-3-15(20)16(5-11)24-9-10-7-23-8-10/h3,6,11-14,17H,1-2,4-5,7-10H2,(H,29,31);3-4,7-11,14H,1-2,5-6H2,(H,24,25)(H,26,27);3,6-10,13H,1-2,4-5H2,(H,25,26)(H,27,28);1-4,7-8,10,12H,5-6H2,(H,22,23)(H,24,25);1-6,10H,7-9H2,(H,21,22). The molecule has 16 rings (SSSR count). The second-order valence-electron chi connectivity index (χ2n) is 33.2. The van der Waals surface area contributed by atoms with Crippen LogP contribution in [0.15, 0.2) is 194 Å². The number of carboxylic acid groups (broad SMARTS) is 3. The number of morpholine rings is 1. The van der Waals surface area contributed by atoms with Gasteiger partial charge in [0, 0.05) is 163 Å². The molecule has 8 N–H and O–H groups in total. The summed E-state index contributed by atoms with van der Waals surface area (Å²) in [6, 6.07) is 32.9. The van der Waals surface area contributed by atoms with Gasteiger partial charge < -0.3 is 56.3 Å². The number of nitrogens with one attached hydrogen (secondary N) is 5. The number of benzene rings is 10. The Morgan fingerprint density at radius 1 is 0.305 bits per heavy atom. The molecule has 0 atom stereocenters. The molecule has 0 unspecified atom stereocenters. The maximum atomic E-state index is 14.4. The molecule has 0 radical (unpaired) electrons. The number of aliphatic carboxylic acids is 3. The Morgan fingerprint density at radius 2 is 0.589 bits per heavy atom. The van der Waals surface area contributed by atoms with Crippen molar-refractivity contribution < 1.29 is 134 Å². The number of nitrogens with zero attached hydrogens (tertiary/aromatic N) is 1. The molecule has 20 nitrogen and oxygen atoms in total. The lowest BCUT2D eigenvalue weighted by atomic mass is 9.85. The van der Waals surface area contributed by atoms with Gasteiger partial charge in [0.25, 0.3) is 29.5 Å². The van der Waals surface area contributed by atoms with Gasteiger partial charge in [0.2, 0.25) is 5.91 Å². The highest BCUT2D eigenvalue weighted by Gasteiger charge is 2.37. The Morgan fingerprint density at radius 3 is 0.901 bits per heavy atom. The van der Waals surface area contributed by atoms with Crippen molar-refractivity contribution in [3.8, 4) is 0 Å². The smallest absolute Gasteiger partial charge is 0.306 e. The number of ether oxygens (including phenoxy) is 2. The Labute approximate surface area is 828 Å². The predicted octanol–water partition coefficient (Wildman–Crippen LogP) is 24.8. The van der Waals surface area contributed by atoms with Crippen LogP contribution in [0.1, 0.15) is 142 Å². The van der Waals surface area contributed by atoms with Gasteiger partial charge in [0.1, 0.15) is 40.7 Å². The zero-order valence-electron chi connectivity index (χ0n) is 74.0. The zero-order chi connectivity index (χ0) is 102. The predicted molar refractivity (Wildman–Crippen MR) is 506 cm³/mol. The minimum atomic E-state index is -1.64. The van der Waals surface area contributed by atoms with Crippen molar-refractivity contribution in [2.75, 3.05) is 71.9 Å². The monoisotopic (exact) mass is 2100 g/mol. The Hall–Kier alpha value is -11.4. The molecule has 0 bridgehead atoms. The van der Waals surface area contributed by atoms with Crippen molar-refractivity contribution in [1.82, 2.24) is 4.90 Å². The summed E-state index contributed by atoms with van der Waals surface area (Å²) in [5.74, 6) is -19.7. The maximum absolute atomic E-state index is 14.4. The van der Waals surface area contributed by atoms with E-state index in [1.54, 1.807) is 0 Å². The van der Waals surface area contributed by atoms with Crippen molar-refractivity contribution in [2.24, 2.45) is 29.6 Å². The molecule has 0 spiro atoms. The molecular weight excluding hydrogens is 2010 g/mol. The summed E-state index contributed by atoms with van der Waals surface area (Å²) in [5.41, 5.74) is 1.19. The van der Waals surface area contributed by atoms with Gasteiger partial charge >= 0.3 is 17.9 Å². The molecule has 42 heteroatoms. The lowest BCUT2D eigenvalue weighted by molar-refractivity contribution is -0.144. The van der Waals surface area contributed by atoms with Crippen LogP contribution in [0.3, 0.4) is 0 Å². The van der Waals surface area contributed by atoms with Crippen molar-refractivity contribution in [3.05, 3.63) is 295 Å². The topological polar surface area (TPSA) is 296 Å². The number of carbonyl (C=O) groups is 9. The van der Waals surface area contributed by atoms with Crippen LogP contribution in [0, 0.1) is 117 Å². The fourth-order valence-electron chi connectivity index (χ4n) is 15.2. The van der Waals surface area contributed by atoms with Gasteiger partial charge in [-0.25, -0.2) is 65.9 Å². The second kappa shape index (κ2) is 51.0. The Kier molecular flexibility index (Phi) is 39.3. The third-order valence-corrected chi connectivity index (χ3v) is 30.4. The number of rotatable bonds is 25. The zero-order valence-corrected chi connectivity index (χ0v) is 79.6. The normalized spacial score (nSPS) is 18.7. The lowest BCUT2D eigenvalue weighted by Crippen LogP contribution is -2.44. The van der Waals surface area contributed by atoms with Gasteiger partial charge in [-0.3, -0.25) is 43.2 Å². The molecular formula is C99H87Cl2F15N6O14S5. The minimum Gasteiger partial charge on any atom is -0.481 e. The molecule has 10 aromatic rings. The van der Waals surface area contributed by atoms with Crippen LogP contribution in [0.4, 0.5) is 94.3 Å². The minimum absolute atomic E-state index is 0.0184. The maximum Gasteiger partial charge on any atom is 0.306 e. The fraction of sp³-hybridized carbons (Fsp3) is 0.303. The number of amides is 6. The molecule has 6 aliphatic rings. The van der Waals surface area contributed by atoms with Crippen molar-refractivity contribution in [3.63, 3.8) is 0 Å². The van der Waals surface area contributed by atoms with E-state index < -0.39 is 135 Å². The molecule has 4 saturated carbocycles. The van der Waals surface area contributed by atoms with Gasteiger partial charge in [0.15, 0.2) is 46.5 Å². The summed E-state index contributed by atoms with van der Waals surface area (Å²) in [7, 11) is 0. The summed E-state index contributed by atoms with van der Waals surface area (Å²) >= 11 is 17.8. The van der Waals surface area contributed by atoms with E-state index in [0.717, 1.165) is 67.8 Å². The number of hydrogen-bond donors (Lipinski definition) is 8. The van der Waals surface area contributed by atoms with Crippen LogP contribution in [0.25, 0.3) is 0 Å². The Bertz CT molecular complexity index is 6230. The summed E-state index contributed by atoms with van der Waals surface area (Å²) in [6.45, 7) is 3.74. The van der Waals surface area contributed by atoms with Crippen LogP contribution < -0.4 is 26.6 Å². The Balaban J connectivity index is 0.000000158. The third kappa shape index (κ3) is 31.1. The molecule has 6 amide bonds. The molecule has 6 fully saturated rings. The second-order valence-corrected chi connectivity index (χ2v) is 40.5. The van der Waals surface area contributed by atoms with E-state index in [9.17, 15) is 109 Å². The van der Waals surface area contributed by atoms with Crippen LogP contribution >= 0.6 is 82.0 Å². The average molecular weight is 2100 g/mol. The van der Waals surface area contributed by atoms with E-state index >= 15 is 0 Å². The van der Waals surface area contributed by atoms with E-state index in [0.29, 0.717) is 161 Å². The first kappa shape index (κ1) is 108. The summed E-state index contributed by atoms with van der Waals surface area (Å²) in [5, 5.41) is 39.2. The first-order chi connectivity index (χ1) is 67.2. The van der Waals surface area contributed by atoms with E-state index in [1.807, 2.05) is 4.90 Å². The van der Waals surface area contributed by atoms with Gasteiger partial charge in [-0.1, -0.05) is 23.2 Å². The quantitative estimate of drug-likeness (QED) is 0.0150. The van der Waals surface area contributed by atoms with E-state index in [2.05, 4.69) is 26.6 Å². The highest BCUT2D eigenvalue weighted by molar-refractivity contribution is 8.00. The number of halogens is 17. The van der Waals surface area contributed by atoms with Crippen LogP contribution in [-0.2, 0) is 28.7 Å². The highest BCUT2D eigenvalue weighted by atomic mass is 35.5. The van der Waals surface area contributed by atoms with E-state index in [-0.39, 0.29) is 115 Å². The lowest BCUT2D eigenvalue weighted by Gasteiger charge is -2.33. The van der Waals surface area contributed by atoms with Gasteiger partial charge in [-0.15, -0.1) is 58.8 Å². The van der Waals surface area contributed by atoms with Gasteiger partial charge in [-0.05, 0) is 229 Å². The van der Waals surface area contributed by atoms with Gasteiger partial charge in [0.05, 0.1) is 54.2 Å². The number of thioether (sulfide) groups is 5.